The first-order valence-electron chi connectivity index (χ1n) is 9.99. The van der Waals surface area contributed by atoms with Crippen LogP contribution in [-0.2, 0) is 22.6 Å². The summed E-state index contributed by atoms with van der Waals surface area (Å²) in [4.78, 5) is 29.2. The molecule has 29 heavy (non-hydrogen) atoms. The number of pyridine rings is 1. The Balaban J connectivity index is 1.20. The molecule has 3 heterocycles. The number of carbonyl (C=O) groups excluding carboxylic acids is 2. The van der Waals surface area contributed by atoms with Crippen LogP contribution in [0.5, 0.6) is 0 Å². The van der Waals surface area contributed by atoms with Crippen molar-refractivity contribution in [3.8, 4) is 0 Å². The van der Waals surface area contributed by atoms with Crippen LogP contribution >= 0.6 is 0 Å². The first-order valence-corrected chi connectivity index (χ1v) is 9.99. The fraction of sp³-hybridized carbons (Fsp3) is 0.429. The fourth-order valence-electron chi connectivity index (χ4n) is 3.83. The van der Waals surface area contributed by atoms with Gasteiger partial charge in [-0.2, -0.15) is 0 Å². The van der Waals surface area contributed by atoms with Gasteiger partial charge in [0, 0.05) is 30.4 Å². The maximum atomic E-state index is 12.5. The number of aromatic nitrogens is 3. The number of carbonyl (C=O) groups is 2. The predicted octanol–water partition coefficient (Wildman–Crippen LogP) is 2.16. The molecule has 0 aromatic carbocycles. The molecule has 4 rings (SSSR count). The van der Waals surface area contributed by atoms with Crippen LogP contribution < -0.4 is 10.6 Å². The van der Waals surface area contributed by atoms with Gasteiger partial charge in [0.05, 0.1) is 24.4 Å². The van der Waals surface area contributed by atoms with E-state index < -0.39 is 0 Å². The van der Waals surface area contributed by atoms with E-state index in [9.17, 15) is 9.59 Å². The van der Waals surface area contributed by atoms with Gasteiger partial charge < -0.3 is 19.6 Å². The molecule has 2 N–H and O–H groups in total. The van der Waals surface area contributed by atoms with Gasteiger partial charge in [0.2, 0.25) is 11.8 Å². The highest BCUT2D eigenvalue weighted by molar-refractivity contribution is 5.79. The summed E-state index contributed by atoms with van der Waals surface area (Å²) < 4.78 is 7.02. The van der Waals surface area contributed by atoms with Crippen molar-refractivity contribution in [1.29, 1.82) is 0 Å². The number of rotatable bonds is 6. The minimum absolute atomic E-state index is 0.0166. The minimum atomic E-state index is -0.0686. The highest BCUT2D eigenvalue weighted by Gasteiger charge is 2.27. The lowest BCUT2D eigenvalue weighted by Gasteiger charge is -2.28. The SMILES string of the molecule is Cc1cc(CC(=O)NC2CCC(C(=O)NCc3cn4ccccc4n3)CC2)on1. The molecule has 3 aromatic heterocycles. The van der Waals surface area contributed by atoms with Crippen molar-refractivity contribution in [2.45, 2.75) is 51.6 Å². The van der Waals surface area contributed by atoms with E-state index in [1.54, 1.807) is 6.07 Å². The van der Waals surface area contributed by atoms with E-state index in [1.807, 2.05) is 41.9 Å². The summed E-state index contributed by atoms with van der Waals surface area (Å²) in [6, 6.07) is 7.69. The third-order valence-electron chi connectivity index (χ3n) is 5.33. The molecule has 0 radical (unpaired) electrons. The van der Waals surface area contributed by atoms with Gasteiger partial charge in [0.25, 0.3) is 0 Å². The van der Waals surface area contributed by atoms with E-state index in [0.29, 0.717) is 12.3 Å². The zero-order valence-electron chi connectivity index (χ0n) is 16.4. The number of nitrogens with one attached hydrogen (secondary N) is 2. The fourth-order valence-corrected chi connectivity index (χ4v) is 3.83. The summed E-state index contributed by atoms with van der Waals surface area (Å²) >= 11 is 0. The second-order valence-corrected chi connectivity index (χ2v) is 7.64. The summed E-state index contributed by atoms with van der Waals surface area (Å²) in [5.41, 5.74) is 2.48. The predicted molar refractivity (Wildman–Crippen MR) is 106 cm³/mol. The molecule has 0 aliphatic heterocycles. The van der Waals surface area contributed by atoms with Crippen LogP contribution in [0.1, 0.15) is 42.8 Å². The third-order valence-corrected chi connectivity index (χ3v) is 5.33. The Kier molecular flexibility index (Phi) is 5.59. The average molecular weight is 395 g/mol. The Labute approximate surface area is 168 Å². The van der Waals surface area contributed by atoms with Gasteiger partial charge >= 0.3 is 0 Å². The number of imidazole rings is 1. The van der Waals surface area contributed by atoms with Crippen LogP contribution in [0.2, 0.25) is 0 Å². The van der Waals surface area contributed by atoms with Crippen LogP contribution in [-0.4, -0.2) is 32.4 Å². The second kappa shape index (κ2) is 8.46. The molecule has 1 saturated carbocycles. The van der Waals surface area contributed by atoms with Crippen molar-refractivity contribution in [3.63, 3.8) is 0 Å². The lowest BCUT2D eigenvalue weighted by atomic mass is 9.85. The van der Waals surface area contributed by atoms with Crippen molar-refractivity contribution >= 4 is 17.5 Å². The number of fused-ring (bicyclic) bond motifs is 1. The maximum Gasteiger partial charge on any atom is 0.227 e. The summed E-state index contributed by atoms with van der Waals surface area (Å²) in [6.45, 7) is 2.25. The first kappa shape index (κ1) is 19.2. The maximum absolute atomic E-state index is 12.5. The normalized spacial score (nSPS) is 19.2. The molecule has 8 heteroatoms. The van der Waals surface area contributed by atoms with Gasteiger partial charge in [0.1, 0.15) is 11.4 Å². The molecule has 2 amide bonds. The molecule has 1 fully saturated rings. The highest BCUT2D eigenvalue weighted by atomic mass is 16.5. The summed E-state index contributed by atoms with van der Waals surface area (Å²) in [5, 5.41) is 9.83. The van der Waals surface area contributed by atoms with Crippen LogP contribution in [0.4, 0.5) is 0 Å². The van der Waals surface area contributed by atoms with Crippen molar-refractivity contribution in [2.24, 2.45) is 5.92 Å². The standard InChI is InChI=1S/C21H25N5O3/c1-14-10-18(29-25-14)11-20(27)24-16-7-5-15(6-8-16)21(28)22-12-17-13-26-9-3-2-4-19(26)23-17/h2-4,9-10,13,15-16H,5-8,11-12H2,1H3,(H,22,28)(H,24,27). The van der Waals surface area contributed by atoms with E-state index in [0.717, 1.165) is 42.7 Å². The van der Waals surface area contributed by atoms with Crippen molar-refractivity contribution in [1.82, 2.24) is 25.2 Å². The summed E-state index contributed by atoms with van der Waals surface area (Å²) in [7, 11) is 0. The zero-order valence-corrected chi connectivity index (χ0v) is 16.4. The molecule has 3 aromatic rings. The molecule has 152 valence electrons. The number of hydrogen-bond acceptors (Lipinski definition) is 5. The first-order chi connectivity index (χ1) is 14.1. The summed E-state index contributed by atoms with van der Waals surface area (Å²) in [5.74, 6) is 0.544. The molecule has 0 saturated heterocycles. The van der Waals surface area contributed by atoms with Crippen LogP contribution in [0.3, 0.4) is 0 Å². The number of hydrogen-bond donors (Lipinski definition) is 2. The second-order valence-electron chi connectivity index (χ2n) is 7.64. The average Bonchev–Trinajstić information content (AvgIpc) is 3.32. The zero-order chi connectivity index (χ0) is 20.2. The third kappa shape index (κ3) is 4.82. The highest BCUT2D eigenvalue weighted by Crippen LogP contribution is 2.24. The van der Waals surface area contributed by atoms with Gasteiger partial charge in [0.15, 0.2) is 0 Å². The van der Waals surface area contributed by atoms with Crippen LogP contribution in [0, 0.1) is 12.8 Å². The largest absolute Gasteiger partial charge is 0.361 e. The number of aryl methyl sites for hydroxylation is 1. The van der Waals surface area contributed by atoms with Crippen molar-refractivity contribution < 1.29 is 14.1 Å². The molecule has 0 atom stereocenters. The molecule has 1 aliphatic rings. The summed E-state index contributed by atoms with van der Waals surface area (Å²) in [6.07, 6.45) is 7.19. The number of amides is 2. The van der Waals surface area contributed by atoms with E-state index in [4.69, 9.17) is 4.52 Å². The molecule has 8 nitrogen and oxygen atoms in total. The van der Waals surface area contributed by atoms with Gasteiger partial charge in [-0.15, -0.1) is 0 Å². The van der Waals surface area contributed by atoms with E-state index >= 15 is 0 Å². The van der Waals surface area contributed by atoms with E-state index in [-0.39, 0.29) is 30.2 Å². The lowest BCUT2D eigenvalue weighted by molar-refractivity contribution is -0.126. The van der Waals surface area contributed by atoms with Crippen molar-refractivity contribution in [2.75, 3.05) is 0 Å². The number of nitrogens with zero attached hydrogens (tertiary/aromatic N) is 3. The van der Waals surface area contributed by atoms with E-state index in [2.05, 4.69) is 20.8 Å². The Morgan fingerprint density at radius 2 is 2.07 bits per heavy atom. The monoisotopic (exact) mass is 395 g/mol. The van der Waals surface area contributed by atoms with Gasteiger partial charge in [-0.1, -0.05) is 11.2 Å². The smallest absolute Gasteiger partial charge is 0.227 e. The van der Waals surface area contributed by atoms with E-state index in [1.165, 1.54) is 0 Å². The Morgan fingerprint density at radius 1 is 1.24 bits per heavy atom. The Bertz CT molecular complexity index is 968. The quantitative estimate of drug-likeness (QED) is 0.666. The van der Waals surface area contributed by atoms with Crippen LogP contribution in [0.25, 0.3) is 5.65 Å². The van der Waals surface area contributed by atoms with Gasteiger partial charge in [-0.25, -0.2) is 4.98 Å². The topological polar surface area (TPSA) is 102 Å². The molecular weight excluding hydrogens is 370 g/mol. The van der Waals surface area contributed by atoms with Crippen molar-refractivity contribution in [3.05, 3.63) is 53.8 Å². The Hall–Kier alpha value is -3.16. The molecule has 0 bridgehead atoms. The minimum Gasteiger partial charge on any atom is -0.361 e. The molecule has 0 unspecified atom stereocenters. The van der Waals surface area contributed by atoms with Gasteiger partial charge in [-0.05, 0) is 44.7 Å². The van der Waals surface area contributed by atoms with Crippen LogP contribution in [0.15, 0.2) is 41.2 Å². The molecular formula is C21H25N5O3. The molecule has 0 spiro atoms. The molecule has 1 aliphatic carbocycles. The lowest BCUT2D eigenvalue weighted by Crippen LogP contribution is -2.41. The van der Waals surface area contributed by atoms with Gasteiger partial charge in [-0.3, -0.25) is 9.59 Å². The Morgan fingerprint density at radius 3 is 2.79 bits per heavy atom.